The van der Waals surface area contributed by atoms with Gasteiger partial charge in [0.1, 0.15) is 36.2 Å². The Bertz CT molecular complexity index is 2670. The standard InChI is InChI=1S/C62H93N3O20P2/c1-36-16-13-12-14-17-37(2)50(78-9)34-45-25-19-41(6)62(73,83-45)57(69)58(70)65-27-15-18-46-47(51(81-59(71)53(46)65)35-48(66)38(3)31-40(5)55(68)56(80-11)54(67)39(4)30-36)32-42-20-26-49(52(33-42)79-10)82-61(72)64(8)29-28-63(7)44-23-21-43(22-24-44)60(84-86(74)75)85-87(76)77/h12-14,16-17,21-24,31,36,38-39,41-42,45-47,49-53,55-56,60,68,73-75,87H,15,18-20,25-30,32-35H2,1-11H3,(H,76,77)/b14-12+,16-13+,37-17+,40-31+/t36-,38-,39-,41-,42+,45+,46-,47?,49-,50+,51+,52-,53+,55-,56+,60?,62-/m1/s1. The van der Waals surface area contributed by atoms with Gasteiger partial charge in [-0.25, -0.2) is 9.59 Å². The number of aliphatic hydroxyl groups is 2. The molecule has 0 aromatic heterocycles. The highest BCUT2D eigenvalue weighted by molar-refractivity contribution is 7.39. The maximum Gasteiger partial charge on any atom is 0.409 e. The van der Waals surface area contributed by atoms with E-state index in [1.54, 1.807) is 79.2 Å². The van der Waals surface area contributed by atoms with Gasteiger partial charge in [-0.1, -0.05) is 76.3 Å². The Morgan fingerprint density at radius 2 is 1.59 bits per heavy atom. The van der Waals surface area contributed by atoms with E-state index in [4.69, 9.17) is 37.5 Å². The van der Waals surface area contributed by atoms with Crippen LogP contribution < -0.4 is 4.90 Å². The number of hydrogen-bond acceptors (Lipinski definition) is 20. The van der Waals surface area contributed by atoms with Crippen molar-refractivity contribution in [2.45, 2.75) is 173 Å². The van der Waals surface area contributed by atoms with E-state index in [1.807, 2.05) is 49.1 Å². The topological polar surface area (TPSA) is 304 Å². The zero-order valence-corrected chi connectivity index (χ0v) is 54.0. The number of ether oxygens (including phenoxy) is 6. The Labute approximate surface area is 513 Å². The fourth-order valence-electron chi connectivity index (χ4n) is 13.0. The van der Waals surface area contributed by atoms with Crippen LogP contribution in [-0.4, -0.2) is 180 Å². The van der Waals surface area contributed by atoms with E-state index < -0.39 is 131 Å². The molecule has 4 aliphatic heterocycles. The number of allylic oxidation sites excluding steroid dienone is 6. The minimum atomic E-state index is -3.48. The van der Waals surface area contributed by atoms with Crippen LogP contribution in [0.15, 0.2) is 71.9 Å². The van der Waals surface area contributed by atoms with Crippen LogP contribution in [0.3, 0.4) is 0 Å². The number of esters is 1. The average molecular weight is 1260 g/mol. The summed E-state index contributed by atoms with van der Waals surface area (Å²) in [5.41, 5.74) is 2.18. The van der Waals surface area contributed by atoms with E-state index >= 15 is 0 Å². The molecule has 486 valence electrons. The fourth-order valence-corrected chi connectivity index (χ4v) is 13.8. The molecule has 25 heteroatoms. The summed E-state index contributed by atoms with van der Waals surface area (Å²) in [7, 11) is 1.50. The molecule has 3 unspecified atom stereocenters. The molecule has 1 saturated carbocycles. The van der Waals surface area contributed by atoms with E-state index in [-0.39, 0.29) is 54.9 Å². The van der Waals surface area contributed by atoms with E-state index in [1.165, 1.54) is 24.0 Å². The van der Waals surface area contributed by atoms with E-state index in [0.717, 1.165) is 5.57 Å². The molecule has 5 N–H and O–H groups in total. The van der Waals surface area contributed by atoms with Crippen molar-refractivity contribution in [3.8, 4) is 0 Å². The zero-order valence-electron chi connectivity index (χ0n) is 52.1. The van der Waals surface area contributed by atoms with Crippen molar-refractivity contribution in [3.63, 3.8) is 0 Å². The number of anilines is 1. The van der Waals surface area contributed by atoms with Crippen molar-refractivity contribution < 1.29 is 95.7 Å². The Morgan fingerprint density at radius 3 is 2.24 bits per heavy atom. The van der Waals surface area contributed by atoms with Crippen molar-refractivity contribution in [2.75, 3.05) is 60.0 Å². The lowest BCUT2D eigenvalue weighted by molar-refractivity contribution is -0.266. The van der Waals surface area contributed by atoms with Gasteiger partial charge in [-0.2, -0.15) is 0 Å². The molecule has 4 heterocycles. The van der Waals surface area contributed by atoms with Gasteiger partial charge >= 0.3 is 28.9 Å². The Hall–Kier alpha value is -4.58. The molecule has 1 aromatic carbocycles. The lowest BCUT2D eigenvalue weighted by atomic mass is 9.68. The van der Waals surface area contributed by atoms with Gasteiger partial charge in [0.05, 0.1) is 18.3 Å². The minimum Gasteiger partial charge on any atom is -0.460 e. The van der Waals surface area contributed by atoms with Crippen molar-refractivity contribution >= 4 is 57.9 Å². The highest BCUT2D eigenvalue weighted by atomic mass is 31.2. The van der Waals surface area contributed by atoms with Crippen molar-refractivity contribution in [1.82, 2.24) is 9.80 Å². The summed E-state index contributed by atoms with van der Waals surface area (Å²) in [5.74, 6) is -9.40. The molecule has 1 aliphatic carbocycles. The first kappa shape index (κ1) is 71.5. The molecule has 0 spiro atoms. The van der Waals surface area contributed by atoms with Gasteiger partial charge in [0.15, 0.2) is 5.78 Å². The molecular formula is C62H93N3O20P2. The molecule has 4 bridgehead atoms. The summed E-state index contributed by atoms with van der Waals surface area (Å²) in [4.78, 5) is 118. The molecular weight excluding hydrogens is 1170 g/mol. The number of nitrogens with zero attached hydrogens (tertiary/aromatic N) is 3. The number of piperidine rings is 1. The second-order valence-electron chi connectivity index (χ2n) is 24.4. The van der Waals surface area contributed by atoms with E-state index in [9.17, 15) is 58.2 Å². The molecule has 0 radical (unpaired) electrons. The number of amides is 2. The summed E-state index contributed by atoms with van der Waals surface area (Å²) >= 11 is 0. The third-order valence-electron chi connectivity index (χ3n) is 18.2. The third-order valence-corrected chi connectivity index (χ3v) is 19.0. The van der Waals surface area contributed by atoms with Crippen LogP contribution >= 0.6 is 16.9 Å². The van der Waals surface area contributed by atoms with Crippen LogP contribution in [0, 0.1) is 41.4 Å². The molecule has 1 aromatic rings. The predicted molar refractivity (Wildman–Crippen MR) is 322 cm³/mol. The number of Topliss-reactive ketones (excluding diaryl/α,β-unsaturated/α-hetero) is 3. The quantitative estimate of drug-likeness (QED) is 0.0380. The summed E-state index contributed by atoms with van der Waals surface area (Å²) in [6.07, 6.45) is 7.20. The number of ketones is 3. The molecule has 2 amide bonds. The smallest absolute Gasteiger partial charge is 0.409 e. The van der Waals surface area contributed by atoms with Gasteiger partial charge in [-0.15, -0.1) is 0 Å². The van der Waals surface area contributed by atoms with Gasteiger partial charge in [0, 0.05) is 103 Å². The number of fused-ring (bicyclic) bond motifs is 4. The Morgan fingerprint density at radius 1 is 0.874 bits per heavy atom. The number of benzene rings is 1. The second kappa shape index (κ2) is 32.9. The molecule has 87 heavy (non-hydrogen) atoms. The number of likely N-dealkylation sites (N-methyl/N-ethyl adjacent to an activating group) is 2. The SMILES string of the molecule is CO[C@H]1C[C@@H]2CC[C@@H](C)[C@@](O)(O2)C(=O)C(=O)N2CCC[C@@H]3C(C[C@@H]4CC[C@@H](OC(=O)N(C)CCN(C)c5ccc(C(OP(O)O)O[PH](=O)O)cc5)[C@H](OC)C4)[C@H](CC(=O)[C@H](C)/C=C(\C)[C@@H](O)[C@@H](OC)C(=O)[C@H](C)C[C@H](C)/C=C/C=C/C=C/1C)OC(=O)[C@H]32. The molecule has 5 aliphatic rings. The Balaban J connectivity index is 1.23. The van der Waals surface area contributed by atoms with Crippen LogP contribution in [0.5, 0.6) is 0 Å². The Kier molecular flexibility index (Phi) is 27.1. The fraction of sp³-hybridized carbons (Fsp3) is 0.677. The van der Waals surface area contributed by atoms with E-state index in [2.05, 4.69) is 0 Å². The molecule has 6 rings (SSSR count). The monoisotopic (exact) mass is 1260 g/mol. The number of aliphatic hydroxyl groups excluding tert-OH is 1. The molecule has 3 saturated heterocycles. The predicted octanol–water partition coefficient (Wildman–Crippen LogP) is 7.24. The van der Waals surface area contributed by atoms with Crippen molar-refractivity contribution in [3.05, 3.63) is 77.4 Å². The van der Waals surface area contributed by atoms with Crippen LogP contribution in [0.4, 0.5) is 10.5 Å². The summed E-state index contributed by atoms with van der Waals surface area (Å²) in [5, 5.41) is 23.8. The lowest BCUT2D eigenvalue weighted by Crippen LogP contribution is -2.65. The highest BCUT2D eigenvalue weighted by Gasteiger charge is 2.57. The zero-order chi connectivity index (χ0) is 64.0. The summed E-state index contributed by atoms with van der Waals surface area (Å²) in [6.45, 7) is 11.3. The number of methoxy groups -OCH3 is 3. The summed E-state index contributed by atoms with van der Waals surface area (Å²) < 4.78 is 57.2. The van der Waals surface area contributed by atoms with Gasteiger partial charge in [-0.05, 0) is 113 Å². The first-order valence-corrected chi connectivity index (χ1v) is 32.6. The minimum absolute atomic E-state index is 0.0175. The first-order valence-electron chi connectivity index (χ1n) is 30.2. The van der Waals surface area contributed by atoms with Gasteiger partial charge in [0.2, 0.25) is 12.1 Å². The number of carbonyl (C=O) groups is 6. The maximum atomic E-state index is 14.7. The number of hydrogen-bond donors (Lipinski definition) is 5. The maximum absolute atomic E-state index is 14.7. The van der Waals surface area contributed by atoms with E-state index in [0.29, 0.717) is 75.6 Å². The number of carbonyl (C=O) groups excluding carboxylic acids is 6. The molecule has 18 atom stereocenters. The van der Waals surface area contributed by atoms with Crippen LogP contribution in [0.2, 0.25) is 0 Å². The van der Waals surface area contributed by atoms with Gasteiger partial charge in [-0.3, -0.25) is 32.8 Å². The van der Waals surface area contributed by atoms with Gasteiger partial charge in [0.25, 0.3) is 11.7 Å². The first-order chi connectivity index (χ1) is 41.2. The number of rotatable bonds is 15. The molecule has 4 fully saturated rings. The molecule has 23 nitrogen and oxygen atoms in total. The van der Waals surface area contributed by atoms with Crippen molar-refractivity contribution in [2.24, 2.45) is 41.4 Å². The highest BCUT2D eigenvalue weighted by Crippen LogP contribution is 2.46. The van der Waals surface area contributed by atoms with Crippen LogP contribution in [-0.2, 0) is 66.0 Å². The van der Waals surface area contributed by atoms with Crippen molar-refractivity contribution in [1.29, 1.82) is 0 Å². The third kappa shape index (κ3) is 18.8. The van der Waals surface area contributed by atoms with Crippen LogP contribution in [0.1, 0.15) is 124 Å². The normalized spacial score (nSPS) is 35.5. The summed E-state index contributed by atoms with van der Waals surface area (Å²) in [6, 6.07) is 5.21. The van der Waals surface area contributed by atoms with Crippen LogP contribution in [0.25, 0.3) is 0 Å². The second-order valence-corrected chi connectivity index (χ2v) is 25.9. The average Bonchev–Trinajstić information content (AvgIpc) is 2.39. The largest absolute Gasteiger partial charge is 0.460 e. The van der Waals surface area contributed by atoms with Gasteiger partial charge < -0.3 is 68.0 Å². The lowest BCUT2D eigenvalue weighted by Gasteiger charge is -2.50.